The third-order valence-electron chi connectivity index (χ3n) is 7.55. The van der Waals surface area contributed by atoms with Crippen molar-refractivity contribution in [1.29, 1.82) is 0 Å². The van der Waals surface area contributed by atoms with Gasteiger partial charge in [-0.15, -0.1) is 0 Å². The van der Waals surface area contributed by atoms with Gasteiger partial charge >= 0.3 is 11.9 Å². The van der Waals surface area contributed by atoms with E-state index in [0.717, 1.165) is 59.9 Å². The lowest BCUT2D eigenvalue weighted by molar-refractivity contribution is 0.0687. The maximum atomic E-state index is 11.9. The third kappa shape index (κ3) is 6.72. The molecule has 0 radical (unpaired) electrons. The van der Waals surface area contributed by atoms with Crippen molar-refractivity contribution < 1.29 is 28.2 Å². The van der Waals surface area contributed by atoms with Crippen LogP contribution in [0.15, 0.2) is 54.7 Å². The van der Waals surface area contributed by atoms with E-state index in [1.807, 2.05) is 71.8 Å². The molecular weight excluding hydrogens is 532 g/mol. The molecule has 3 heterocycles. The molecule has 10 nitrogen and oxygen atoms in total. The lowest BCUT2D eigenvalue weighted by Gasteiger charge is -2.32. The highest BCUT2D eigenvalue weighted by Gasteiger charge is 2.25. The van der Waals surface area contributed by atoms with E-state index in [1.165, 1.54) is 6.26 Å². The van der Waals surface area contributed by atoms with Crippen LogP contribution in [0.3, 0.4) is 0 Å². The molecule has 1 aliphatic rings. The van der Waals surface area contributed by atoms with Crippen LogP contribution in [0, 0.1) is 5.92 Å². The van der Waals surface area contributed by atoms with E-state index in [9.17, 15) is 23.1 Å². The average Bonchev–Trinajstić information content (AvgIpc) is 3.39. The molecule has 0 unspecified atom stereocenters. The van der Waals surface area contributed by atoms with Crippen molar-refractivity contribution in [3.63, 3.8) is 0 Å². The van der Waals surface area contributed by atoms with Crippen molar-refractivity contribution in [3.05, 3.63) is 71.5 Å². The van der Waals surface area contributed by atoms with E-state index < -0.39 is 22.0 Å². The van der Waals surface area contributed by atoms with Crippen LogP contribution in [-0.2, 0) is 30.5 Å². The second-order valence-electron chi connectivity index (χ2n) is 10.3. The zero-order chi connectivity index (χ0) is 29.0. The molecule has 2 aromatic carbocycles. The van der Waals surface area contributed by atoms with Crippen molar-refractivity contribution in [2.24, 2.45) is 20.0 Å². The number of sulfonamides is 1. The Kier molecular flexibility index (Phi) is 8.97. The van der Waals surface area contributed by atoms with Gasteiger partial charge in [-0.1, -0.05) is 36.4 Å². The molecule has 0 bridgehead atoms. The van der Waals surface area contributed by atoms with Gasteiger partial charge in [-0.2, -0.15) is 0 Å². The minimum atomic E-state index is -3.14. The number of aromatic carboxylic acids is 2. The van der Waals surface area contributed by atoms with E-state index in [2.05, 4.69) is 9.62 Å². The standard InChI is InChI=1S/C19H27N3O4S.C10H9NO2/c1-21-16-6-4-3-5-15(16)18(19(23)24)17(21)13-14-7-10-22(11-8-14)12-9-20-27(2,25)26;1-11-6-8(10(12)13)7-4-2-3-5-9(7)11/h3-6,14,20H,7-13H2,1-2H3,(H,23,24);2-6H,1H3,(H,12,13). The normalized spacial score (nSPS) is 14.8. The molecule has 0 amide bonds. The zero-order valence-electron chi connectivity index (χ0n) is 23.0. The Hall–Kier alpha value is -3.67. The monoisotopic (exact) mass is 568 g/mol. The lowest BCUT2D eigenvalue weighted by atomic mass is 9.90. The van der Waals surface area contributed by atoms with Crippen LogP contribution < -0.4 is 4.72 Å². The first kappa shape index (κ1) is 29.3. The van der Waals surface area contributed by atoms with Gasteiger partial charge in [0.15, 0.2) is 0 Å². The molecule has 1 aliphatic heterocycles. The maximum Gasteiger partial charge on any atom is 0.338 e. The fourth-order valence-corrected chi connectivity index (χ4v) is 5.97. The predicted molar refractivity (Wildman–Crippen MR) is 155 cm³/mol. The van der Waals surface area contributed by atoms with E-state index >= 15 is 0 Å². The van der Waals surface area contributed by atoms with Gasteiger partial charge in [0.2, 0.25) is 10.0 Å². The first-order valence-corrected chi connectivity index (χ1v) is 15.1. The quantitative estimate of drug-likeness (QED) is 0.296. The Labute approximate surface area is 233 Å². The van der Waals surface area contributed by atoms with Crippen molar-refractivity contribution in [2.75, 3.05) is 32.4 Å². The van der Waals surface area contributed by atoms with Gasteiger partial charge in [0.05, 0.1) is 17.4 Å². The summed E-state index contributed by atoms with van der Waals surface area (Å²) in [5.41, 5.74) is 3.57. The summed E-state index contributed by atoms with van der Waals surface area (Å²) in [5, 5.41) is 20.2. The second-order valence-corrected chi connectivity index (χ2v) is 12.2. The van der Waals surface area contributed by atoms with E-state index in [0.29, 0.717) is 30.1 Å². The van der Waals surface area contributed by atoms with Crippen LogP contribution in [0.5, 0.6) is 0 Å². The third-order valence-corrected chi connectivity index (χ3v) is 8.28. The zero-order valence-corrected chi connectivity index (χ0v) is 23.8. The van der Waals surface area contributed by atoms with E-state index in [4.69, 9.17) is 5.11 Å². The number of carbonyl (C=O) groups is 2. The van der Waals surface area contributed by atoms with Crippen molar-refractivity contribution >= 4 is 43.8 Å². The summed E-state index contributed by atoms with van der Waals surface area (Å²) >= 11 is 0. The molecule has 214 valence electrons. The summed E-state index contributed by atoms with van der Waals surface area (Å²) in [5.74, 6) is -1.31. The van der Waals surface area contributed by atoms with Crippen LogP contribution in [0.2, 0.25) is 0 Å². The summed E-state index contributed by atoms with van der Waals surface area (Å²) < 4.78 is 28.6. The topological polar surface area (TPSA) is 134 Å². The Morgan fingerprint density at radius 3 is 2.12 bits per heavy atom. The lowest BCUT2D eigenvalue weighted by Crippen LogP contribution is -2.39. The number of aromatic nitrogens is 2. The van der Waals surface area contributed by atoms with E-state index in [1.54, 1.807) is 6.20 Å². The molecule has 1 fully saturated rings. The summed E-state index contributed by atoms with van der Waals surface area (Å²) in [6, 6.07) is 15.1. The Bertz CT molecular complexity index is 1630. The van der Waals surface area contributed by atoms with Crippen LogP contribution in [-0.4, -0.2) is 77.0 Å². The van der Waals surface area contributed by atoms with Crippen LogP contribution in [0.4, 0.5) is 0 Å². The van der Waals surface area contributed by atoms with Crippen LogP contribution in [0.1, 0.15) is 39.3 Å². The Balaban J connectivity index is 0.000000236. The van der Waals surface area contributed by atoms with Crippen molar-refractivity contribution in [1.82, 2.24) is 18.8 Å². The second kappa shape index (κ2) is 12.2. The minimum Gasteiger partial charge on any atom is -0.478 e. The van der Waals surface area contributed by atoms with Gasteiger partial charge in [-0.3, -0.25) is 0 Å². The van der Waals surface area contributed by atoms with Crippen LogP contribution >= 0.6 is 0 Å². The van der Waals surface area contributed by atoms with Gasteiger partial charge in [0.1, 0.15) is 0 Å². The molecule has 0 atom stereocenters. The molecular formula is C29H36N4O6S. The smallest absolute Gasteiger partial charge is 0.338 e. The summed E-state index contributed by atoms with van der Waals surface area (Å²) in [6.45, 7) is 2.94. The molecule has 11 heteroatoms. The summed E-state index contributed by atoms with van der Waals surface area (Å²) in [7, 11) is 0.641. The van der Waals surface area contributed by atoms with Crippen molar-refractivity contribution in [3.8, 4) is 0 Å². The highest BCUT2D eigenvalue weighted by atomic mass is 32.2. The number of carboxylic acids is 2. The van der Waals surface area contributed by atoms with Crippen molar-refractivity contribution in [2.45, 2.75) is 19.3 Å². The number of aryl methyl sites for hydroxylation is 2. The fraction of sp³-hybridized carbons (Fsp3) is 0.379. The number of fused-ring (bicyclic) bond motifs is 2. The average molecular weight is 569 g/mol. The number of hydrogen-bond acceptors (Lipinski definition) is 5. The van der Waals surface area contributed by atoms with Gasteiger partial charge in [-0.25, -0.2) is 22.7 Å². The molecule has 0 spiro atoms. The fourth-order valence-electron chi connectivity index (χ4n) is 5.51. The summed E-state index contributed by atoms with van der Waals surface area (Å²) in [6.07, 6.45) is 5.53. The van der Waals surface area contributed by atoms with Gasteiger partial charge in [-0.05, 0) is 50.4 Å². The first-order valence-electron chi connectivity index (χ1n) is 13.2. The number of likely N-dealkylation sites (tertiary alicyclic amines) is 1. The Morgan fingerprint density at radius 1 is 0.925 bits per heavy atom. The highest BCUT2D eigenvalue weighted by Crippen LogP contribution is 2.30. The molecule has 0 saturated carbocycles. The van der Waals surface area contributed by atoms with E-state index in [-0.39, 0.29) is 0 Å². The molecule has 1 saturated heterocycles. The predicted octanol–water partition coefficient (Wildman–Crippen LogP) is 3.56. The highest BCUT2D eigenvalue weighted by molar-refractivity contribution is 7.88. The molecule has 5 rings (SSSR count). The Morgan fingerprint density at radius 2 is 1.52 bits per heavy atom. The number of nitrogens with one attached hydrogen (secondary N) is 1. The number of hydrogen-bond donors (Lipinski definition) is 3. The van der Waals surface area contributed by atoms with Gasteiger partial charge in [0, 0.05) is 60.9 Å². The SMILES string of the molecule is Cn1c(CC2CCN(CCNS(C)(=O)=O)CC2)c(C(=O)O)c2ccccc21.Cn1cc(C(=O)O)c2ccccc21. The number of piperidine rings is 1. The summed E-state index contributed by atoms with van der Waals surface area (Å²) in [4.78, 5) is 24.9. The minimum absolute atomic E-state index is 0.359. The largest absolute Gasteiger partial charge is 0.478 e. The number of carboxylic acid groups (broad SMARTS) is 2. The molecule has 3 N–H and O–H groups in total. The number of nitrogens with zero attached hydrogens (tertiary/aromatic N) is 3. The van der Waals surface area contributed by atoms with Gasteiger partial charge < -0.3 is 24.2 Å². The number of rotatable bonds is 8. The maximum absolute atomic E-state index is 11.9. The number of para-hydroxylation sites is 2. The van der Waals surface area contributed by atoms with Crippen LogP contribution in [0.25, 0.3) is 21.8 Å². The molecule has 4 aromatic rings. The molecule has 2 aromatic heterocycles. The van der Waals surface area contributed by atoms with Gasteiger partial charge in [0.25, 0.3) is 0 Å². The molecule has 40 heavy (non-hydrogen) atoms. The number of benzene rings is 2. The first-order chi connectivity index (χ1) is 19.0. The molecule has 0 aliphatic carbocycles.